The third-order valence-corrected chi connectivity index (χ3v) is 5.86. The highest BCUT2D eigenvalue weighted by molar-refractivity contribution is 5.66. The summed E-state index contributed by atoms with van der Waals surface area (Å²) in [5.74, 6) is -0.256. The van der Waals surface area contributed by atoms with Crippen molar-refractivity contribution in [3.63, 3.8) is 0 Å². The zero-order valence-electron chi connectivity index (χ0n) is 18.8. The van der Waals surface area contributed by atoms with Crippen LogP contribution in [0.3, 0.4) is 0 Å². The van der Waals surface area contributed by atoms with E-state index in [2.05, 4.69) is 0 Å². The number of aliphatic hydroxyl groups excluding tert-OH is 1. The van der Waals surface area contributed by atoms with E-state index in [1.807, 2.05) is 0 Å². The zero-order chi connectivity index (χ0) is 22.8. The number of benzene rings is 1. The number of hydrogen-bond donors (Lipinski definition) is 2. The van der Waals surface area contributed by atoms with Gasteiger partial charge in [-0.3, -0.25) is 9.59 Å². The normalized spacial score (nSPS) is 21.3. The van der Waals surface area contributed by atoms with Gasteiger partial charge in [0.1, 0.15) is 12.2 Å². The Balaban J connectivity index is 2.11. The lowest BCUT2D eigenvalue weighted by atomic mass is 9.83. The van der Waals surface area contributed by atoms with Crippen LogP contribution < -0.4 is 4.74 Å². The fourth-order valence-corrected chi connectivity index (χ4v) is 4.36. The van der Waals surface area contributed by atoms with Crippen molar-refractivity contribution >= 4 is 11.9 Å². The summed E-state index contributed by atoms with van der Waals surface area (Å²) < 4.78 is 16.4. The van der Waals surface area contributed by atoms with E-state index in [1.165, 1.54) is 21.0 Å². The minimum absolute atomic E-state index is 0.0334. The minimum Gasteiger partial charge on any atom is -0.504 e. The average molecular weight is 437 g/mol. The van der Waals surface area contributed by atoms with Crippen LogP contribution in [0.25, 0.3) is 0 Å². The van der Waals surface area contributed by atoms with Crippen LogP contribution in [0.5, 0.6) is 11.5 Å². The summed E-state index contributed by atoms with van der Waals surface area (Å²) in [6.07, 6.45) is 5.61. The second kappa shape index (κ2) is 12.5. The second-order valence-corrected chi connectivity index (χ2v) is 8.45. The highest BCUT2D eigenvalue weighted by atomic mass is 16.6. The van der Waals surface area contributed by atoms with Crippen molar-refractivity contribution in [2.45, 2.75) is 89.9 Å². The van der Waals surface area contributed by atoms with Gasteiger partial charge in [0.15, 0.2) is 11.5 Å². The predicted octanol–water partition coefficient (Wildman–Crippen LogP) is 3.92. The van der Waals surface area contributed by atoms with Gasteiger partial charge in [-0.1, -0.05) is 25.3 Å². The Morgan fingerprint density at radius 1 is 1.10 bits per heavy atom. The van der Waals surface area contributed by atoms with Crippen molar-refractivity contribution in [1.82, 2.24) is 0 Å². The summed E-state index contributed by atoms with van der Waals surface area (Å²) in [5.41, 5.74) is 0.942. The first-order valence-electron chi connectivity index (χ1n) is 11.2. The van der Waals surface area contributed by atoms with Gasteiger partial charge in [0, 0.05) is 20.3 Å². The summed E-state index contributed by atoms with van der Waals surface area (Å²) in [6, 6.07) is 5.14. The van der Waals surface area contributed by atoms with Gasteiger partial charge in [0.25, 0.3) is 0 Å². The Morgan fingerprint density at radius 2 is 1.81 bits per heavy atom. The third kappa shape index (κ3) is 8.77. The van der Waals surface area contributed by atoms with E-state index >= 15 is 0 Å². The Hall–Kier alpha value is -2.28. The molecule has 0 heterocycles. The summed E-state index contributed by atoms with van der Waals surface area (Å²) in [7, 11) is 1.49. The van der Waals surface area contributed by atoms with Crippen molar-refractivity contribution in [3.8, 4) is 11.5 Å². The van der Waals surface area contributed by atoms with E-state index in [4.69, 9.17) is 14.2 Å². The first-order valence-corrected chi connectivity index (χ1v) is 11.2. The molecule has 0 spiro atoms. The summed E-state index contributed by atoms with van der Waals surface area (Å²) in [4.78, 5) is 23.5. The van der Waals surface area contributed by atoms with Crippen LogP contribution >= 0.6 is 0 Å². The largest absolute Gasteiger partial charge is 0.504 e. The molecule has 1 aliphatic rings. The topological polar surface area (TPSA) is 102 Å². The highest BCUT2D eigenvalue weighted by Crippen LogP contribution is 2.31. The minimum atomic E-state index is -0.427. The summed E-state index contributed by atoms with van der Waals surface area (Å²) in [5, 5.41) is 20.1. The Kier molecular flexibility index (Phi) is 10.1. The quantitative estimate of drug-likeness (QED) is 0.566. The van der Waals surface area contributed by atoms with Crippen molar-refractivity contribution < 1.29 is 34.0 Å². The molecule has 0 radical (unpaired) electrons. The number of methoxy groups -OCH3 is 1. The van der Waals surface area contributed by atoms with Crippen LogP contribution in [0.1, 0.15) is 70.8 Å². The van der Waals surface area contributed by atoms with Gasteiger partial charge in [-0.15, -0.1) is 0 Å². The zero-order valence-corrected chi connectivity index (χ0v) is 18.8. The van der Waals surface area contributed by atoms with Crippen LogP contribution in [0.2, 0.25) is 0 Å². The molecule has 7 nitrogen and oxygen atoms in total. The van der Waals surface area contributed by atoms with Crippen molar-refractivity contribution in [2.24, 2.45) is 5.92 Å². The van der Waals surface area contributed by atoms with E-state index in [-0.39, 0.29) is 23.6 Å². The maximum atomic E-state index is 11.8. The molecule has 0 amide bonds. The average Bonchev–Trinajstić information content (AvgIpc) is 2.68. The lowest BCUT2D eigenvalue weighted by Crippen LogP contribution is -2.34. The molecule has 2 N–H and O–H groups in total. The van der Waals surface area contributed by atoms with Gasteiger partial charge >= 0.3 is 11.9 Å². The number of phenolic OH excluding ortho intramolecular Hbond substituents is 1. The molecule has 0 aromatic heterocycles. The molecule has 0 saturated heterocycles. The van der Waals surface area contributed by atoms with Crippen LogP contribution in [-0.4, -0.2) is 47.6 Å². The van der Waals surface area contributed by atoms with E-state index in [1.54, 1.807) is 18.2 Å². The molecule has 1 aromatic rings. The molecular formula is C24H36O7. The number of ether oxygens (including phenoxy) is 3. The number of phenols is 1. The number of aromatic hydroxyl groups is 1. The van der Waals surface area contributed by atoms with Crippen LogP contribution in [0.4, 0.5) is 0 Å². The first kappa shape index (κ1) is 25.0. The molecule has 0 aliphatic heterocycles. The first-order chi connectivity index (χ1) is 14.8. The maximum Gasteiger partial charge on any atom is 0.302 e. The molecule has 4 atom stereocenters. The number of carbonyl (C=O) groups is 2. The standard InChI is InChI=1S/C24H36O7/c1-16(25)30-21(11-9-18-10-12-22(28)24(13-18)29-3)15-23(31-17(2)26)19-7-5-4-6-8-20(27)14-19/h10,12-13,19-21,23,27-28H,4-9,11,14-15H2,1-3H3. The Bertz CT molecular complexity index is 718. The lowest BCUT2D eigenvalue weighted by Gasteiger charge is -2.32. The fraction of sp³-hybridized carbons (Fsp3) is 0.667. The smallest absolute Gasteiger partial charge is 0.302 e. The maximum absolute atomic E-state index is 11.8. The van der Waals surface area contributed by atoms with Gasteiger partial charge in [0.2, 0.25) is 0 Å². The molecule has 1 aromatic carbocycles. The molecule has 31 heavy (non-hydrogen) atoms. The molecule has 2 rings (SSSR count). The highest BCUT2D eigenvalue weighted by Gasteiger charge is 2.31. The molecule has 1 fully saturated rings. The van der Waals surface area contributed by atoms with Gasteiger partial charge in [-0.2, -0.15) is 0 Å². The molecule has 1 saturated carbocycles. The van der Waals surface area contributed by atoms with Crippen LogP contribution in [0, 0.1) is 5.92 Å². The summed E-state index contributed by atoms with van der Waals surface area (Å²) >= 11 is 0. The molecule has 4 unspecified atom stereocenters. The number of rotatable bonds is 9. The van der Waals surface area contributed by atoms with E-state index in [0.29, 0.717) is 31.4 Å². The number of aliphatic hydroxyl groups is 1. The molecular weight excluding hydrogens is 400 g/mol. The van der Waals surface area contributed by atoms with Gasteiger partial charge in [-0.25, -0.2) is 0 Å². The lowest BCUT2D eigenvalue weighted by molar-refractivity contribution is -0.156. The van der Waals surface area contributed by atoms with Crippen LogP contribution in [-0.2, 0) is 25.5 Å². The molecule has 174 valence electrons. The summed E-state index contributed by atoms with van der Waals surface area (Å²) in [6.45, 7) is 2.76. The SMILES string of the molecule is COc1cc(CCC(CC(OC(C)=O)C2CCCCCC(O)C2)OC(C)=O)ccc1O. The van der Waals surface area contributed by atoms with Crippen molar-refractivity contribution in [3.05, 3.63) is 23.8 Å². The van der Waals surface area contributed by atoms with Crippen LogP contribution in [0.15, 0.2) is 18.2 Å². The van der Waals surface area contributed by atoms with Gasteiger partial charge < -0.3 is 24.4 Å². The molecule has 1 aliphatic carbocycles. The number of carbonyl (C=O) groups excluding carboxylic acids is 2. The van der Waals surface area contributed by atoms with Crippen molar-refractivity contribution in [1.29, 1.82) is 0 Å². The Morgan fingerprint density at radius 3 is 2.48 bits per heavy atom. The molecule has 0 bridgehead atoms. The van der Waals surface area contributed by atoms with E-state index < -0.39 is 18.3 Å². The van der Waals surface area contributed by atoms with E-state index in [9.17, 15) is 19.8 Å². The number of esters is 2. The van der Waals surface area contributed by atoms with Crippen molar-refractivity contribution in [2.75, 3.05) is 7.11 Å². The number of aryl methyl sites for hydroxylation is 1. The van der Waals surface area contributed by atoms with E-state index in [0.717, 1.165) is 37.7 Å². The Labute approximate surface area is 184 Å². The third-order valence-electron chi connectivity index (χ3n) is 5.86. The van der Waals surface area contributed by atoms with Gasteiger partial charge in [-0.05, 0) is 55.7 Å². The second-order valence-electron chi connectivity index (χ2n) is 8.45. The number of hydrogen-bond acceptors (Lipinski definition) is 7. The predicted molar refractivity (Wildman–Crippen MR) is 116 cm³/mol. The monoisotopic (exact) mass is 436 g/mol. The van der Waals surface area contributed by atoms with Gasteiger partial charge in [0.05, 0.1) is 13.2 Å². The molecule has 7 heteroatoms. The fourth-order valence-electron chi connectivity index (χ4n) is 4.36.